The predicted octanol–water partition coefficient (Wildman–Crippen LogP) is 4.60. The molecule has 8 heteroatoms. The van der Waals surface area contributed by atoms with Crippen molar-refractivity contribution in [3.8, 4) is 5.75 Å². The monoisotopic (exact) mass is 634 g/mol. The highest BCUT2D eigenvalue weighted by Crippen LogP contribution is 2.34. The number of ether oxygens (including phenoxy) is 1. The van der Waals surface area contributed by atoms with E-state index in [1.807, 2.05) is 6.07 Å². The minimum Gasteiger partial charge on any atom is -0.478 e. The van der Waals surface area contributed by atoms with E-state index >= 15 is 0 Å². The number of carbonyl (C=O) groups is 2. The van der Waals surface area contributed by atoms with Crippen LogP contribution in [0.15, 0.2) is 28.7 Å². The van der Waals surface area contributed by atoms with Crippen LogP contribution in [0.1, 0.15) is 20.7 Å². The smallest absolute Gasteiger partial charge is 0.344 e. The summed E-state index contributed by atoms with van der Waals surface area (Å²) in [5, 5.41) is 9.07. The molecule has 22 heavy (non-hydrogen) atoms. The van der Waals surface area contributed by atoms with Gasteiger partial charge in [0.15, 0.2) is 11.3 Å². The molecule has 0 unspecified atom stereocenters. The first-order chi connectivity index (χ1) is 10.4. The Labute approximate surface area is 165 Å². The number of benzene rings is 2. The lowest BCUT2D eigenvalue weighted by Gasteiger charge is -2.07. The molecule has 0 radical (unpaired) electrons. The van der Waals surface area contributed by atoms with Crippen LogP contribution in [-0.2, 0) is 0 Å². The van der Waals surface area contributed by atoms with Gasteiger partial charge in [0.1, 0.15) is 11.1 Å². The van der Waals surface area contributed by atoms with Crippen molar-refractivity contribution in [2.75, 3.05) is 0 Å². The van der Waals surface area contributed by atoms with Gasteiger partial charge in [-0.2, -0.15) is 0 Å². The molecular formula is C14H5I3O5. The summed E-state index contributed by atoms with van der Waals surface area (Å²) in [6, 6.07) is 6.58. The van der Waals surface area contributed by atoms with Gasteiger partial charge in [-0.1, -0.05) is 0 Å². The van der Waals surface area contributed by atoms with Gasteiger partial charge in [-0.05, 0) is 86.0 Å². The third-order valence-electron chi connectivity index (χ3n) is 2.89. The fourth-order valence-electron chi connectivity index (χ4n) is 1.95. The molecular weight excluding hydrogens is 629 g/mol. The van der Waals surface area contributed by atoms with Crippen molar-refractivity contribution in [1.29, 1.82) is 0 Å². The molecule has 0 fully saturated rings. The maximum absolute atomic E-state index is 12.4. The molecule has 0 atom stereocenters. The van der Waals surface area contributed by atoms with Gasteiger partial charge >= 0.3 is 11.9 Å². The number of aromatic carboxylic acids is 1. The molecule has 5 nitrogen and oxygen atoms in total. The highest BCUT2D eigenvalue weighted by atomic mass is 127. The molecule has 1 N–H and O–H groups in total. The summed E-state index contributed by atoms with van der Waals surface area (Å²) < 4.78 is 13.2. The van der Waals surface area contributed by atoms with Crippen molar-refractivity contribution in [2.45, 2.75) is 0 Å². The van der Waals surface area contributed by atoms with Crippen molar-refractivity contribution >= 4 is 90.9 Å². The van der Waals surface area contributed by atoms with Gasteiger partial charge in [0.25, 0.3) is 0 Å². The van der Waals surface area contributed by atoms with Crippen LogP contribution in [0.25, 0.3) is 11.2 Å². The van der Waals surface area contributed by atoms with Crippen LogP contribution in [-0.4, -0.2) is 17.0 Å². The normalized spacial score (nSPS) is 11.0. The Hall–Kier alpha value is -0.630. The molecule has 0 amide bonds. The molecule has 1 aromatic carbocycles. The average Bonchev–Trinajstić information content (AvgIpc) is 3.02. The number of hydrogen-bond donors (Lipinski definition) is 1. The molecule has 0 aliphatic heterocycles. The molecule has 112 valence electrons. The van der Waals surface area contributed by atoms with Crippen molar-refractivity contribution in [2.24, 2.45) is 0 Å². The first kappa shape index (κ1) is 16.2. The lowest BCUT2D eigenvalue weighted by molar-refractivity contribution is 0.0690. The van der Waals surface area contributed by atoms with E-state index in [4.69, 9.17) is 14.3 Å². The topological polar surface area (TPSA) is 76.7 Å². The lowest BCUT2D eigenvalue weighted by atomic mass is 10.2. The van der Waals surface area contributed by atoms with Gasteiger partial charge in [-0.3, -0.25) is 0 Å². The van der Waals surface area contributed by atoms with E-state index in [1.54, 1.807) is 6.07 Å². The zero-order chi connectivity index (χ0) is 16.0. The van der Waals surface area contributed by atoms with Gasteiger partial charge in [0, 0.05) is 16.8 Å². The zero-order valence-electron chi connectivity index (χ0n) is 10.5. The summed E-state index contributed by atoms with van der Waals surface area (Å²) in [7, 11) is 0. The molecule has 0 aliphatic carbocycles. The van der Waals surface area contributed by atoms with Crippen LogP contribution in [0.3, 0.4) is 0 Å². The van der Waals surface area contributed by atoms with Crippen LogP contribution in [0.2, 0.25) is 0 Å². The Morgan fingerprint density at radius 3 is 2.41 bits per heavy atom. The number of furan rings is 2. The summed E-state index contributed by atoms with van der Waals surface area (Å²) in [5.41, 5.74) is 0.868. The van der Waals surface area contributed by atoms with E-state index in [1.165, 1.54) is 12.1 Å². The number of rotatable bonds is 3. The van der Waals surface area contributed by atoms with Crippen molar-refractivity contribution in [3.05, 3.63) is 46.1 Å². The van der Waals surface area contributed by atoms with Gasteiger partial charge in [0.05, 0.1) is 5.56 Å². The van der Waals surface area contributed by atoms with Crippen molar-refractivity contribution < 1.29 is 23.8 Å². The van der Waals surface area contributed by atoms with E-state index in [2.05, 4.69) is 67.8 Å². The molecule has 3 rings (SSSR count). The molecule has 0 spiro atoms. The van der Waals surface area contributed by atoms with Crippen LogP contribution in [0.5, 0.6) is 5.75 Å². The van der Waals surface area contributed by atoms with E-state index in [0.29, 0.717) is 11.1 Å². The summed E-state index contributed by atoms with van der Waals surface area (Å²) in [5.74, 6) is -1.53. The quantitative estimate of drug-likeness (QED) is 0.198. The van der Waals surface area contributed by atoms with Crippen molar-refractivity contribution in [1.82, 2.24) is 0 Å². The highest BCUT2D eigenvalue weighted by Gasteiger charge is 2.23. The number of halogens is 3. The zero-order valence-corrected chi connectivity index (χ0v) is 17.0. The molecule has 0 saturated carbocycles. The van der Waals surface area contributed by atoms with Crippen molar-refractivity contribution in [3.63, 3.8) is 0 Å². The number of carboxylic acids is 1. The summed E-state index contributed by atoms with van der Waals surface area (Å²) in [6.07, 6.45) is 0. The average molecular weight is 634 g/mol. The van der Waals surface area contributed by atoms with Crippen LogP contribution < -0.4 is 4.74 Å². The minimum atomic E-state index is -1.12. The SMILES string of the molecule is O=C(Oc1cc2cc(C(=O)O)c1o2)c1cc(I)cc(I)c1I. The fraction of sp³-hybridized carbons (Fsp3) is 0. The largest absolute Gasteiger partial charge is 0.478 e. The lowest BCUT2D eigenvalue weighted by Crippen LogP contribution is -2.12. The maximum atomic E-state index is 12.4. The van der Waals surface area contributed by atoms with Gasteiger partial charge in [-0.15, -0.1) is 0 Å². The third kappa shape index (κ3) is 2.91. The first-order valence-corrected chi connectivity index (χ1v) is 9.06. The first-order valence-electron chi connectivity index (χ1n) is 5.82. The highest BCUT2D eigenvalue weighted by molar-refractivity contribution is 14.1. The number of hydrogen-bond acceptors (Lipinski definition) is 4. The number of carboxylic acid groups (broad SMARTS) is 1. The predicted molar refractivity (Wildman–Crippen MR) is 104 cm³/mol. The molecule has 2 aromatic heterocycles. The molecule has 2 bridgehead atoms. The standard InChI is InChI=1S/C14H5I3O5/c15-5-1-7(11(17)9(16)2-5)14(20)22-10-4-6-3-8(13(18)19)12(10)21-6/h1-4H,(H,18,19). The fourth-order valence-corrected chi connectivity index (χ4v) is 4.33. The second-order valence-electron chi connectivity index (χ2n) is 4.34. The summed E-state index contributed by atoms with van der Waals surface area (Å²) in [6.45, 7) is 0. The Morgan fingerprint density at radius 1 is 1.05 bits per heavy atom. The van der Waals surface area contributed by atoms with E-state index in [-0.39, 0.29) is 16.9 Å². The Morgan fingerprint density at radius 2 is 1.77 bits per heavy atom. The Kier molecular flexibility index (Phi) is 4.51. The minimum absolute atomic E-state index is 0.00720. The van der Waals surface area contributed by atoms with E-state index in [0.717, 1.165) is 10.7 Å². The Bertz CT molecular complexity index is 899. The Balaban J connectivity index is 1.96. The van der Waals surface area contributed by atoms with E-state index < -0.39 is 11.9 Å². The molecule has 3 aromatic rings. The third-order valence-corrected chi connectivity index (χ3v) is 6.56. The summed E-state index contributed by atoms with van der Waals surface area (Å²) in [4.78, 5) is 23.4. The second kappa shape index (κ2) is 6.11. The summed E-state index contributed by atoms with van der Waals surface area (Å²) >= 11 is 6.35. The van der Waals surface area contributed by atoms with Gasteiger partial charge in [0.2, 0.25) is 0 Å². The van der Waals surface area contributed by atoms with Crippen LogP contribution in [0, 0.1) is 10.7 Å². The molecule has 2 heterocycles. The maximum Gasteiger partial charge on any atom is 0.344 e. The van der Waals surface area contributed by atoms with Crippen LogP contribution >= 0.6 is 67.8 Å². The van der Waals surface area contributed by atoms with Gasteiger partial charge in [-0.25, -0.2) is 9.59 Å². The molecule has 0 aliphatic rings. The number of esters is 1. The molecule has 0 saturated heterocycles. The van der Waals surface area contributed by atoms with Gasteiger partial charge < -0.3 is 14.3 Å². The number of carbonyl (C=O) groups excluding carboxylic acids is 1. The number of fused-ring (bicyclic) bond motifs is 2. The van der Waals surface area contributed by atoms with E-state index in [9.17, 15) is 9.59 Å². The van der Waals surface area contributed by atoms with Crippen LogP contribution in [0.4, 0.5) is 0 Å². The second-order valence-corrected chi connectivity index (χ2v) is 7.83.